The smallest absolute Gasteiger partial charge is 0.255 e. The maximum Gasteiger partial charge on any atom is 0.255 e. The fourth-order valence-corrected chi connectivity index (χ4v) is 3.08. The van der Waals surface area contributed by atoms with Crippen LogP contribution < -0.4 is 20.1 Å². The Morgan fingerprint density at radius 3 is 2.81 bits per heavy atom. The van der Waals surface area contributed by atoms with Crippen LogP contribution in [0.2, 0.25) is 5.02 Å². The summed E-state index contributed by atoms with van der Waals surface area (Å²) in [7, 11) is 3.02. The summed E-state index contributed by atoms with van der Waals surface area (Å²) in [4.78, 5) is 16.9. The second kappa shape index (κ2) is 8.92. The van der Waals surface area contributed by atoms with Gasteiger partial charge < -0.3 is 24.8 Å². The molecule has 0 saturated carbocycles. The van der Waals surface area contributed by atoms with Crippen molar-refractivity contribution in [1.29, 1.82) is 0 Å². The number of aromatic nitrogens is 1. The van der Waals surface area contributed by atoms with E-state index in [1.807, 2.05) is 0 Å². The zero-order valence-corrected chi connectivity index (χ0v) is 16.0. The third-order valence-corrected chi connectivity index (χ3v) is 4.57. The molecule has 3 rings (SSSR count). The van der Waals surface area contributed by atoms with Crippen LogP contribution in [0.3, 0.4) is 0 Å². The molecule has 2 aromatic rings. The van der Waals surface area contributed by atoms with Crippen LogP contribution in [0.15, 0.2) is 30.5 Å². The molecule has 1 saturated heterocycles. The highest BCUT2D eigenvalue weighted by molar-refractivity contribution is 6.32. The van der Waals surface area contributed by atoms with E-state index in [0.29, 0.717) is 40.1 Å². The van der Waals surface area contributed by atoms with E-state index in [9.17, 15) is 4.79 Å². The van der Waals surface area contributed by atoms with Gasteiger partial charge in [0, 0.05) is 37.0 Å². The lowest BCUT2D eigenvalue weighted by Crippen LogP contribution is -2.19. The highest BCUT2D eigenvalue weighted by atomic mass is 35.5. The number of carbonyl (C=O) groups is 1. The molecule has 0 spiro atoms. The Morgan fingerprint density at radius 2 is 2.11 bits per heavy atom. The molecule has 1 aromatic carbocycles. The quantitative estimate of drug-likeness (QED) is 0.750. The molecule has 7 nitrogen and oxygen atoms in total. The predicted molar refractivity (Wildman–Crippen MR) is 104 cm³/mol. The lowest BCUT2D eigenvalue weighted by molar-refractivity contribution is 0.102. The van der Waals surface area contributed by atoms with Crippen molar-refractivity contribution in [2.24, 2.45) is 0 Å². The van der Waals surface area contributed by atoms with E-state index >= 15 is 0 Å². The Morgan fingerprint density at radius 1 is 1.30 bits per heavy atom. The molecule has 144 valence electrons. The molecule has 2 heterocycles. The first kappa shape index (κ1) is 19.3. The monoisotopic (exact) mass is 391 g/mol. The van der Waals surface area contributed by atoms with Crippen LogP contribution in [0.25, 0.3) is 0 Å². The van der Waals surface area contributed by atoms with E-state index in [-0.39, 0.29) is 12.0 Å². The third-order valence-electron chi connectivity index (χ3n) is 4.28. The van der Waals surface area contributed by atoms with Gasteiger partial charge in [-0.3, -0.25) is 4.79 Å². The van der Waals surface area contributed by atoms with Crippen molar-refractivity contribution >= 4 is 29.0 Å². The maximum absolute atomic E-state index is 12.7. The van der Waals surface area contributed by atoms with E-state index < -0.39 is 0 Å². The number of carbonyl (C=O) groups excluding carboxylic acids is 1. The maximum atomic E-state index is 12.7. The topological polar surface area (TPSA) is 81.7 Å². The normalized spacial score (nSPS) is 16.0. The minimum Gasteiger partial charge on any atom is -0.495 e. The van der Waals surface area contributed by atoms with Gasteiger partial charge in [0.15, 0.2) is 0 Å². The molecule has 1 atom stereocenters. The number of benzene rings is 1. The number of nitrogens with zero attached hydrogens (tertiary/aromatic N) is 1. The molecule has 1 aliphatic rings. The van der Waals surface area contributed by atoms with E-state index in [0.717, 1.165) is 19.4 Å². The zero-order chi connectivity index (χ0) is 19.2. The Balaban J connectivity index is 1.71. The van der Waals surface area contributed by atoms with E-state index in [1.54, 1.807) is 30.5 Å². The van der Waals surface area contributed by atoms with E-state index in [2.05, 4.69) is 15.6 Å². The molecule has 1 aromatic heterocycles. The van der Waals surface area contributed by atoms with E-state index in [1.165, 1.54) is 14.2 Å². The summed E-state index contributed by atoms with van der Waals surface area (Å²) in [5, 5.41) is 6.44. The lowest BCUT2D eigenvalue weighted by Gasteiger charge is -2.14. The number of hydrogen-bond donors (Lipinski definition) is 2. The fourth-order valence-electron chi connectivity index (χ4n) is 2.84. The molecule has 27 heavy (non-hydrogen) atoms. The molecule has 2 N–H and O–H groups in total. The van der Waals surface area contributed by atoms with Gasteiger partial charge in [0.25, 0.3) is 5.91 Å². The number of methoxy groups -OCH3 is 2. The lowest BCUT2D eigenvalue weighted by atomic mass is 10.2. The largest absolute Gasteiger partial charge is 0.495 e. The number of anilines is 2. The third kappa shape index (κ3) is 4.81. The summed E-state index contributed by atoms with van der Waals surface area (Å²) >= 11 is 6.10. The second-order valence-electron chi connectivity index (χ2n) is 6.09. The fraction of sp³-hybridized carbons (Fsp3) is 0.368. The van der Waals surface area contributed by atoms with Crippen molar-refractivity contribution < 1.29 is 19.0 Å². The highest BCUT2D eigenvalue weighted by Crippen LogP contribution is 2.36. The molecule has 1 amide bonds. The highest BCUT2D eigenvalue weighted by Gasteiger charge is 2.16. The Kier molecular flexibility index (Phi) is 6.36. The summed E-state index contributed by atoms with van der Waals surface area (Å²) in [5.74, 6) is 1.22. The number of ether oxygens (including phenoxy) is 3. The van der Waals surface area contributed by atoms with Gasteiger partial charge in [-0.15, -0.1) is 0 Å². The first-order chi connectivity index (χ1) is 13.1. The molecular weight excluding hydrogens is 370 g/mol. The number of hydrogen-bond acceptors (Lipinski definition) is 6. The van der Waals surface area contributed by atoms with Gasteiger partial charge in [0.05, 0.1) is 31.0 Å². The summed E-state index contributed by atoms with van der Waals surface area (Å²) in [5.41, 5.74) is 0.935. The average molecular weight is 392 g/mol. The van der Waals surface area contributed by atoms with Crippen LogP contribution in [0.4, 0.5) is 11.5 Å². The first-order valence-electron chi connectivity index (χ1n) is 8.65. The van der Waals surface area contributed by atoms with Crippen LogP contribution in [0.5, 0.6) is 11.5 Å². The van der Waals surface area contributed by atoms with Crippen molar-refractivity contribution in [2.75, 3.05) is 38.0 Å². The van der Waals surface area contributed by atoms with Crippen molar-refractivity contribution in [3.05, 3.63) is 41.0 Å². The Hall–Kier alpha value is -2.51. The predicted octanol–water partition coefficient (Wildman–Crippen LogP) is 3.60. The standard InChI is InChI=1S/C19H22ClN3O4/c1-25-16-10-15(17(26-2)9-14(16)20)23-19(24)12-5-6-21-18(8-12)22-11-13-4-3-7-27-13/h5-6,8-10,13H,3-4,7,11H2,1-2H3,(H,21,22)(H,23,24). The number of rotatable bonds is 7. The second-order valence-corrected chi connectivity index (χ2v) is 6.49. The van der Waals surface area contributed by atoms with Crippen LogP contribution in [0, 0.1) is 0 Å². The summed E-state index contributed by atoms with van der Waals surface area (Å²) < 4.78 is 16.1. The van der Waals surface area contributed by atoms with Gasteiger partial charge in [0.2, 0.25) is 0 Å². The van der Waals surface area contributed by atoms with Gasteiger partial charge >= 0.3 is 0 Å². The van der Waals surface area contributed by atoms with Gasteiger partial charge in [0.1, 0.15) is 17.3 Å². The number of pyridine rings is 1. The Labute approximate surface area is 163 Å². The molecule has 8 heteroatoms. The van der Waals surface area contributed by atoms with Crippen LogP contribution in [-0.2, 0) is 4.74 Å². The zero-order valence-electron chi connectivity index (χ0n) is 15.3. The van der Waals surface area contributed by atoms with E-state index in [4.69, 9.17) is 25.8 Å². The molecule has 1 aliphatic heterocycles. The van der Waals surface area contributed by atoms with Crippen LogP contribution >= 0.6 is 11.6 Å². The Bertz CT molecular complexity index is 810. The van der Waals surface area contributed by atoms with Crippen molar-refractivity contribution in [2.45, 2.75) is 18.9 Å². The molecular formula is C19H22ClN3O4. The SMILES string of the molecule is COc1cc(NC(=O)c2ccnc(NCC3CCCO3)c2)c(OC)cc1Cl. The van der Waals surface area contributed by atoms with Crippen molar-refractivity contribution in [1.82, 2.24) is 4.98 Å². The molecule has 1 fully saturated rings. The average Bonchev–Trinajstić information content (AvgIpc) is 3.21. The summed E-state index contributed by atoms with van der Waals surface area (Å²) in [6.45, 7) is 1.47. The number of halogens is 1. The number of amides is 1. The minimum atomic E-state index is -0.291. The first-order valence-corrected chi connectivity index (χ1v) is 9.03. The molecule has 0 bridgehead atoms. The minimum absolute atomic E-state index is 0.190. The van der Waals surface area contributed by atoms with Gasteiger partial charge in [-0.1, -0.05) is 11.6 Å². The van der Waals surface area contributed by atoms with Gasteiger partial charge in [-0.2, -0.15) is 0 Å². The van der Waals surface area contributed by atoms with Crippen molar-refractivity contribution in [3.63, 3.8) is 0 Å². The van der Waals surface area contributed by atoms with Crippen LogP contribution in [-0.4, -0.2) is 44.4 Å². The van der Waals surface area contributed by atoms with Crippen LogP contribution in [0.1, 0.15) is 23.2 Å². The molecule has 1 unspecified atom stereocenters. The van der Waals surface area contributed by atoms with Gasteiger partial charge in [-0.25, -0.2) is 4.98 Å². The van der Waals surface area contributed by atoms with Crippen molar-refractivity contribution in [3.8, 4) is 11.5 Å². The molecule has 0 aliphatic carbocycles. The molecule has 0 radical (unpaired) electrons. The summed E-state index contributed by atoms with van der Waals surface area (Å²) in [6.07, 6.45) is 3.89. The number of nitrogens with one attached hydrogen (secondary N) is 2. The van der Waals surface area contributed by atoms with Gasteiger partial charge in [-0.05, 0) is 25.0 Å². The summed E-state index contributed by atoms with van der Waals surface area (Å²) in [6, 6.07) is 6.56.